The Labute approximate surface area is 123 Å². The number of benzene rings is 1. The van der Waals surface area contributed by atoms with E-state index in [2.05, 4.69) is 68.1 Å². The van der Waals surface area contributed by atoms with Crippen LogP contribution >= 0.6 is 15.9 Å². The number of aromatic nitrogens is 4. The molecule has 0 saturated heterocycles. The summed E-state index contributed by atoms with van der Waals surface area (Å²) in [4.78, 5) is 4.33. The van der Waals surface area contributed by atoms with Crippen molar-refractivity contribution in [2.45, 2.75) is 0 Å². The van der Waals surface area contributed by atoms with Crippen molar-refractivity contribution < 1.29 is 0 Å². The number of para-hydroxylation sites is 1. The molecule has 0 radical (unpaired) electrons. The number of imidazole rings is 1. The van der Waals surface area contributed by atoms with Crippen LogP contribution in [0.2, 0.25) is 0 Å². The highest BCUT2D eigenvalue weighted by Gasteiger charge is 2.10. The van der Waals surface area contributed by atoms with Crippen LogP contribution < -0.4 is 0 Å². The summed E-state index contributed by atoms with van der Waals surface area (Å²) in [5, 5.41) is 5.85. The average Bonchev–Trinajstić information content (AvgIpc) is 2.98. The van der Waals surface area contributed by atoms with Gasteiger partial charge in [0.2, 0.25) is 0 Å². The first-order chi connectivity index (χ1) is 9.72. The second-order valence-corrected chi connectivity index (χ2v) is 5.57. The fourth-order valence-electron chi connectivity index (χ4n) is 2.54. The van der Waals surface area contributed by atoms with Gasteiger partial charge in [-0.2, -0.15) is 5.10 Å². The van der Waals surface area contributed by atoms with Gasteiger partial charge in [0.1, 0.15) is 4.60 Å². The molecule has 0 fully saturated rings. The third-order valence-electron chi connectivity index (χ3n) is 3.46. The SMILES string of the molecule is Cn1cc(-c2ccc3nc(Br)cn3n2)c2ccccc21. The largest absolute Gasteiger partial charge is 0.350 e. The molecule has 0 aliphatic carbocycles. The number of rotatable bonds is 1. The predicted octanol–water partition coefficient (Wildman–Crippen LogP) is 3.65. The van der Waals surface area contributed by atoms with Crippen LogP contribution in [0.5, 0.6) is 0 Å². The monoisotopic (exact) mass is 326 g/mol. The zero-order chi connectivity index (χ0) is 13.7. The number of nitrogens with zero attached hydrogens (tertiary/aromatic N) is 4. The standard InChI is InChI=1S/C15H11BrN4/c1-19-8-11(10-4-2-3-5-13(10)19)12-6-7-15-17-14(16)9-20(15)18-12/h2-9H,1H3. The van der Waals surface area contributed by atoms with Crippen molar-refractivity contribution >= 4 is 32.5 Å². The van der Waals surface area contributed by atoms with E-state index in [-0.39, 0.29) is 0 Å². The lowest BCUT2D eigenvalue weighted by Gasteiger charge is -1.99. The van der Waals surface area contributed by atoms with Crippen LogP contribution in [0.15, 0.2) is 53.4 Å². The molecule has 20 heavy (non-hydrogen) atoms. The summed E-state index contributed by atoms with van der Waals surface area (Å²) in [6.07, 6.45) is 3.98. The lowest BCUT2D eigenvalue weighted by Crippen LogP contribution is -1.92. The van der Waals surface area contributed by atoms with Crippen molar-refractivity contribution in [2.24, 2.45) is 7.05 Å². The first kappa shape index (κ1) is 11.7. The first-order valence-electron chi connectivity index (χ1n) is 6.29. The number of hydrogen-bond donors (Lipinski definition) is 0. The Kier molecular flexibility index (Phi) is 2.44. The van der Waals surface area contributed by atoms with Crippen molar-refractivity contribution in [3.63, 3.8) is 0 Å². The second kappa shape index (κ2) is 4.18. The van der Waals surface area contributed by atoms with E-state index in [9.17, 15) is 0 Å². The fourth-order valence-corrected chi connectivity index (χ4v) is 2.92. The molecule has 0 aliphatic heterocycles. The summed E-state index contributed by atoms with van der Waals surface area (Å²) in [7, 11) is 2.05. The summed E-state index contributed by atoms with van der Waals surface area (Å²) in [6.45, 7) is 0. The number of hydrogen-bond acceptors (Lipinski definition) is 2. The van der Waals surface area contributed by atoms with Crippen LogP contribution in [-0.2, 0) is 7.05 Å². The smallest absolute Gasteiger partial charge is 0.154 e. The minimum atomic E-state index is 0.792. The van der Waals surface area contributed by atoms with Gasteiger partial charge in [0.15, 0.2) is 5.65 Å². The maximum Gasteiger partial charge on any atom is 0.154 e. The lowest BCUT2D eigenvalue weighted by molar-refractivity contribution is 0.936. The summed E-state index contributed by atoms with van der Waals surface area (Å²) >= 11 is 3.37. The van der Waals surface area contributed by atoms with Crippen molar-refractivity contribution in [1.29, 1.82) is 0 Å². The predicted molar refractivity (Wildman–Crippen MR) is 82.6 cm³/mol. The summed E-state index contributed by atoms with van der Waals surface area (Å²) in [5.41, 5.74) is 4.12. The van der Waals surface area contributed by atoms with E-state index in [4.69, 9.17) is 0 Å². The molecule has 0 unspecified atom stereocenters. The second-order valence-electron chi connectivity index (χ2n) is 4.76. The number of aryl methyl sites for hydroxylation is 1. The van der Waals surface area contributed by atoms with Gasteiger partial charge in [-0.3, -0.25) is 0 Å². The van der Waals surface area contributed by atoms with Gasteiger partial charge < -0.3 is 4.57 Å². The van der Waals surface area contributed by atoms with Gasteiger partial charge in [-0.25, -0.2) is 9.50 Å². The fraction of sp³-hybridized carbons (Fsp3) is 0.0667. The molecule has 0 N–H and O–H groups in total. The van der Waals surface area contributed by atoms with Crippen LogP contribution in [-0.4, -0.2) is 19.2 Å². The highest BCUT2D eigenvalue weighted by atomic mass is 79.9. The molecule has 4 rings (SSSR count). The maximum absolute atomic E-state index is 4.64. The van der Waals surface area contributed by atoms with Crippen LogP contribution in [0.25, 0.3) is 27.8 Å². The normalized spacial score (nSPS) is 11.5. The Bertz CT molecular complexity index is 936. The Hall–Kier alpha value is -2.14. The van der Waals surface area contributed by atoms with E-state index in [0.29, 0.717) is 0 Å². The van der Waals surface area contributed by atoms with Crippen LogP contribution in [0.3, 0.4) is 0 Å². The highest BCUT2D eigenvalue weighted by molar-refractivity contribution is 9.10. The Morgan fingerprint density at radius 1 is 1.05 bits per heavy atom. The molecule has 0 amide bonds. The third-order valence-corrected chi connectivity index (χ3v) is 3.85. The highest BCUT2D eigenvalue weighted by Crippen LogP contribution is 2.28. The van der Waals surface area contributed by atoms with E-state index >= 15 is 0 Å². The van der Waals surface area contributed by atoms with Gasteiger partial charge in [-0.05, 0) is 34.1 Å². The molecular weight excluding hydrogens is 316 g/mol. The third kappa shape index (κ3) is 1.67. The van der Waals surface area contributed by atoms with Crippen molar-refractivity contribution in [3.05, 3.63) is 53.4 Å². The molecule has 0 spiro atoms. The number of halogens is 1. The molecule has 3 heterocycles. The Morgan fingerprint density at radius 3 is 2.80 bits per heavy atom. The van der Waals surface area contributed by atoms with Gasteiger partial charge in [0, 0.05) is 29.7 Å². The van der Waals surface area contributed by atoms with Crippen LogP contribution in [0.4, 0.5) is 0 Å². The van der Waals surface area contributed by atoms with Crippen molar-refractivity contribution in [1.82, 2.24) is 19.2 Å². The van der Waals surface area contributed by atoms with Gasteiger partial charge in [0.05, 0.1) is 11.9 Å². The minimum Gasteiger partial charge on any atom is -0.350 e. The van der Waals surface area contributed by atoms with Gasteiger partial charge in [0.25, 0.3) is 0 Å². The number of fused-ring (bicyclic) bond motifs is 2. The molecule has 4 aromatic rings. The summed E-state index contributed by atoms with van der Waals surface area (Å²) < 4.78 is 4.71. The van der Waals surface area contributed by atoms with E-state index in [1.807, 2.05) is 18.3 Å². The molecule has 1 aromatic carbocycles. The van der Waals surface area contributed by atoms with E-state index in [0.717, 1.165) is 21.5 Å². The van der Waals surface area contributed by atoms with Gasteiger partial charge in [-0.15, -0.1) is 0 Å². The molecular formula is C15H11BrN4. The van der Waals surface area contributed by atoms with Crippen molar-refractivity contribution in [2.75, 3.05) is 0 Å². The van der Waals surface area contributed by atoms with E-state index in [1.165, 1.54) is 10.9 Å². The van der Waals surface area contributed by atoms with Crippen LogP contribution in [0.1, 0.15) is 0 Å². The first-order valence-corrected chi connectivity index (χ1v) is 7.08. The molecule has 5 heteroatoms. The van der Waals surface area contributed by atoms with E-state index < -0.39 is 0 Å². The van der Waals surface area contributed by atoms with Crippen molar-refractivity contribution in [3.8, 4) is 11.3 Å². The average molecular weight is 327 g/mol. The molecule has 0 atom stereocenters. The molecule has 0 saturated carbocycles. The molecule has 98 valence electrons. The zero-order valence-electron chi connectivity index (χ0n) is 10.8. The molecule has 3 aromatic heterocycles. The zero-order valence-corrected chi connectivity index (χ0v) is 12.4. The lowest BCUT2D eigenvalue weighted by atomic mass is 10.1. The Balaban J connectivity index is 2.00. The maximum atomic E-state index is 4.64. The van der Waals surface area contributed by atoms with Gasteiger partial charge >= 0.3 is 0 Å². The summed E-state index contributed by atoms with van der Waals surface area (Å²) in [5.74, 6) is 0. The van der Waals surface area contributed by atoms with Crippen LogP contribution in [0, 0.1) is 0 Å². The topological polar surface area (TPSA) is 35.1 Å². The quantitative estimate of drug-likeness (QED) is 0.535. The molecule has 0 aliphatic rings. The van der Waals surface area contributed by atoms with E-state index in [1.54, 1.807) is 4.52 Å². The minimum absolute atomic E-state index is 0.792. The summed E-state index contributed by atoms with van der Waals surface area (Å²) in [6, 6.07) is 12.3. The molecule has 4 nitrogen and oxygen atoms in total. The Morgan fingerprint density at radius 2 is 1.90 bits per heavy atom. The molecule has 0 bridgehead atoms. The van der Waals surface area contributed by atoms with Gasteiger partial charge in [-0.1, -0.05) is 18.2 Å².